The zero-order chi connectivity index (χ0) is 26.9. The molecule has 2 N–H and O–H groups in total. The molecular weight excluding hydrogens is 454 g/mol. The summed E-state index contributed by atoms with van der Waals surface area (Å²) in [6, 6.07) is 7.22. The van der Waals surface area contributed by atoms with Crippen LogP contribution in [0.2, 0.25) is 0 Å². The number of terminal acetylenes is 2. The van der Waals surface area contributed by atoms with E-state index >= 15 is 0 Å². The zero-order valence-corrected chi connectivity index (χ0v) is 22.1. The van der Waals surface area contributed by atoms with Crippen LogP contribution in [0, 0.1) is 30.7 Å². The lowest BCUT2D eigenvalue weighted by Gasteiger charge is -2.32. The van der Waals surface area contributed by atoms with Crippen molar-refractivity contribution in [2.24, 2.45) is 5.92 Å². The average molecular weight is 494 g/mol. The highest BCUT2D eigenvalue weighted by Crippen LogP contribution is 2.25. The van der Waals surface area contributed by atoms with E-state index in [9.17, 15) is 14.4 Å². The highest BCUT2D eigenvalue weighted by atomic mass is 16.6. The molecule has 1 fully saturated rings. The molecule has 2 unspecified atom stereocenters. The molecule has 1 aliphatic carbocycles. The van der Waals surface area contributed by atoms with Crippen LogP contribution >= 0.6 is 0 Å². The second-order valence-corrected chi connectivity index (χ2v) is 10.7. The van der Waals surface area contributed by atoms with Gasteiger partial charge in [-0.3, -0.25) is 14.5 Å². The van der Waals surface area contributed by atoms with E-state index in [1.54, 1.807) is 45.0 Å². The Morgan fingerprint density at radius 1 is 1.08 bits per heavy atom. The first kappa shape index (κ1) is 28.8. The smallest absolute Gasteiger partial charge is 0.408 e. The topological polar surface area (TPSA) is 87.7 Å². The molecule has 0 aromatic heterocycles. The van der Waals surface area contributed by atoms with Crippen molar-refractivity contribution >= 4 is 17.9 Å². The highest BCUT2D eigenvalue weighted by molar-refractivity contribution is 5.93. The fraction of sp³-hybridized carbons (Fsp3) is 0.552. The summed E-state index contributed by atoms with van der Waals surface area (Å²) >= 11 is 0. The molecule has 0 bridgehead atoms. The summed E-state index contributed by atoms with van der Waals surface area (Å²) in [6.07, 6.45) is 15.9. The van der Waals surface area contributed by atoms with Crippen LogP contribution in [0.15, 0.2) is 24.3 Å². The first-order chi connectivity index (χ1) is 16.9. The van der Waals surface area contributed by atoms with E-state index in [2.05, 4.69) is 22.6 Å². The lowest BCUT2D eigenvalue weighted by molar-refractivity contribution is -0.139. The Bertz CT molecular complexity index is 989. The molecule has 7 heteroatoms. The SMILES string of the molecule is C#Cc1ccc(C(C(=O)NC2CCCCC2)N(C#C)C(=O)C(CC(C)C)NC(=O)OC(C)(C)C)cc1. The molecule has 3 amide bonds. The lowest BCUT2D eigenvalue weighted by Crippen LogP contribution is -2.52. The molecule has 0 aliphatic heterocycles. The minimum atomic E-state index is -1.08. The Morgan fingerprint density at radius 3 is 2.19 bits per heavy atom. The molecule has 0 saturated heterocycles. The second-order valence-electron chi connectivity index (χ2n) is 10.7. The van der Waals surface area contributed by atoms with Gasteiger partial charge < -0.3 is 15.4 Å². The quantitative estimate of drug-likeness (QED) is 0.412. The van der Waals surface area contributed by atoms with Crippen molar-refractivity contribution in [3.63, 3.8) is 0 Å². The van der Waals surface area contributed by atoms with Gasteiger partial charge in [-0.15, -0.1) is 6.42 Å². The minimum Gasteiger partial charge on any atom is -0.444 e. The van der Waals surface area contributed by atoms with E-state index in [0.717, 1.165) is 37.0 Å². The molecule has 0 heterocycles. The van der Waals surface area contributed by atoms with E-state index in [-0.39, 0.29) is 17.9 Å². The number of carbonyl (C=O) groups excluding carboxylic acids is 3. The summed E-state index contributed by atoms with van der Waals surface area (Å²) in [4.78, 5) is 40.9. The van der Waals surface area contributed by atoms with Crippen LogP contribution in [-0.2, 0) is 14.3 Å². The van der Waals surface area contributed by atoms with Gasteiger partial charge in [0.2, 0.25) is 5.91 Å². The molecule has 0 spiro atoms. The lowest BCUT2D eigenvalue weighted by atomic mass is 9.94. The van der Waals surface area contributed by atoms with Crippen molar-refractivity contribution in [1.82, 2.24) is 15.5 Å². The summed E-state index contributed by atoms with van der Waals surface area (Å²) in [5.74, 6) is 1.71. The maximum Gasteiger partial charge on any atom is 0.408 e. The van der Waals surface area contributed by atoms with Crippen LogP contribution in [0.3, 0.4) is 0 Å². The minimum absolute atomic E-state index is 0.0276. The summed E-state index contributed by atoms with van der Waals surface area (Å²) in [5.41, 5.74) is 0.449. The highest BCUT2D eigenvalue weighted by Gasteiger charge is 2.37. The zero-order valence-electron chi connectivity index (χ0n) is 22.1. The van der Waals surface area contributed by atoms with Crippen LogP contribution in [0.1, 0.15) is 90.3 Å². The molecule has 1 aromatic rings. The number of carbonyl (C=O) groups is 3. The van der Waals surface area contributed by atoms with E-state index in [4.69, 9.17) is 17.6 Å². The van der Waals surface area contributed by atoms with Gasteiger partial charge in [0.1, 0.15) is 17.7 Å². The van der Waals surface area contributed by atoms with Crippen molar-refractivity contribution in [3.8, 4) is 24.8 Å². The predicted octanol–water partition coefficient (Wildman–Crippen LogP) is 4.52. The Labute approximate surface area is 215 Å². The normalized spacial score (nSPS) is 15.7. The van der Waals surface area contributed by atoms with Crippen molar-refractivity contribution < 1.29 is 19.1 Å². The summed E-state index contributed by atoms with van der Waals surface area (Å²) in [6.45, 7) is 9.09. The van der Waals surface area contributed by atoms with E-state index < -0.39 is 29.7 Å². The third-order valence-electron chi connectivity index (χ3n) is 5.92. The number of nitrogens with zero attached hydrogens (tertiary/aromatic N) is 1. The van der Waals surface area contributed by atoms with Crippen LogP contribution in [0.5, 0.6) is 0 Å². The van der Waals surface area contributed by atoms with Crippen molar-refractivity contribution in [2.75, 3.05) is 0 Å². The maximum absolute atomic E-state index is 13.7. The van der Waals surface area contributed by atoms with Gasteiger partial charge in [0.15, 0.2) is 0 Å². The second kappa shape index (κ2) is 13.0. The Kier molecular flexibility index (Phi) is 10.4. The molecule has 2 atom stereocenters. The molecule has 36 heavy (non-hydrogen) atoms. The third-order valence-corrected chi connectivity index (χ3v) is 5.92. The third kappa shape index (κ3) is 8.64. The van der Waals surface area contributed by atoms with Crippen LogP contribution in [0.25, 0.3) is 0 Å². The first-order valence-corrected chi connectivity index (χ1v) is 12.6. The standard InChI is InChI=1S/C29H39N3O4/c1-8-21-15-17-22(18-16-21)25(26(33)30-23-13-11-10-12-14-23)32(9-2)27(34)24(19-20(3)4)31-28(35)36-29(5,6)7/h1-2,15-18,20,23-25H,10-14,19H2,3-7H3,(H,30,33)(H,31,35). The van der Waals surface area contributed by atoms with Gasteiger partial charge in [-0.25, -0.2) is 4.79 Å². The molecule has 1 aromatic carbocycles. The van der Waals surface area contributed by atoms with Gasteiger partial charge >= 0.3 is 6.09 Å². The number of alkyl carbamates (subject to hydrolysis) is 1. The summed E-state index contributed by atoms with van der Waals surface area (Å²) < 4.78 is 5.36. The van der Waals surface area contributed by atoms with Gasteiger partial charge in [-0.2, -0.15) is 0 Å². The fourth-order valence-corrected chi connectivity index (χ4v) is 4.28. The van der Waals surface area contributed by atoms with Crippen LogP contribution < -0.4 is 10.6 Å². The number of amides is 3. The van der Waals surface area contributed by atoms with Crippen LogP contribution in [-0.4, -0.2) is 40.5 Å². The number of hydrogen-bond acceptors (Lipinski definition) is 4. The van der Waals surface area contributed by atoms with Gasteiger partial charge in [0.05, 0.1) is 0 Å². The van der Waals surface area contributed by atoms with Crippen LogP contribution in [0.4, 0.5) is 4.79 Å². The van der Waals surface area contributed by atoms with E-state index in [1.807, 2.05) is 13.8 Å². The molecule has 2 rings (SSSR count). The van der Waals surface area contributed by atoms with Crippen molar-refractivity contribution in [2.45, 2.75) is 96.9 Å². The first-order valence-electron chi connectivity index (χ1n) is 12.6. The van der Waals surface area contributed by atoms with E-state index in [0.29, 0.717) is 17.5 Å². The van der Waals surface area contributed by atoms with E-state index in [1.165, 1.54) is 0 Å². The predicted molar refractivity (Wildman–Crippen MR) is 140 cm³/mol. The number of benzene rings is 1. The van der Waals surface area contributed by atoms with Gasteiger partial charge in [-0.1, -0.05) is 57.6 Å². The maximum atomic E-state index is 13.7. The average Bonchev–Trinajstić information content (AvgIpc) is 2.80. The molecule has 0 radical (unpaired) electrons. The van der Waals surface area contributed by atoms with Gasteiger partial charge in [0.25, 0.3) is 5.91 Å². The molecule has 1 saturated carbocycles. The van der Waals surface area contributed by atoms with Gasteiger partial charge in [0, 0.05) is 17.6 Å². The number of nitrogens with one attached hydrogen (secondary N) is 2. The Balaban J connectivity index is 2.39. The molecular formula is C29H39N3O4. The van der Waals surface area contributed by atoms with Gasteiger partial charge in [-0.05, 0) is 63.6 Å². The monoisotopic (exact) mass is 493 g/mol. The summed E-state index contributed by atoms with van der Waals surface area (Å²) in [7, 11) is 0. The molecule has 1 aliphatic rings. The Hall–Kier alpha value is -3.45. The number of rotatable bonds is 8. The largest absolute Gasteiger partial charge is 0.444 e. The van der Waals surface area contributed by atoms with Crippen molar-refractivity contribution in [1.29, 1.82) is 0 Å². The fourth-order valence-electron chi connectivity index (χ4n) is 4.28. The Morgan fingerprint density at radius 2 is 1.69 bits per heavy atom. The molecule has 7 nitrogen and oxygen atoms in total. The van der Waals surface area contributed by atoms with Crippen molar-refractivity contribution in [3.05, 3.63) is 35.4 Å². The molecule has 194 valence electrons. The summed E-state index contributed by atoms with van der Waals surface area (Å²) in [5, 5.41) is 5.74. The number of ether oxygens (including phenoxy) is 1. The number of hydrogen-bond donors (Lipinski definition) is 2.